The lowest BCUT2D eigenvalue weighted by molar-refractivity contribution is 0.0475. The second kappa shape index (κ2) is 5.69. The molecule has 0 aromatic rings. The standard InChI is InChI=1S/C12H25N3O2/c1-11(2,10(13)15-17)7-8-14-9-12(16)5-3-4-6-12/h14,16-17H,3-9H2,1-2H3,(H2,13,15). The summed E-state index contributed by atoms with van der Waals surface area (Å²) in [5.41, 5.74) is 4.77. The van der Waals surface area contributed by atoms with Gasteiger partial charge in [-0.05, 0) is 25.8 Å². The normalized spacial score (nSPS) is 20.8. The lowest BCUT2D eigenvalue weighted by atomic mass is 9.88. The summed E-state index contributed by atoms with van der Waals surface area (Å²) in [5.74, 6) is 0.249. The van der Waals surface area contributed by atoms with Crippen molar-refractivity contribution in [1.29, 1.82) is 0 Å². The van der Waals surface area contributed by atoms with Crippen LogP contribution >= 0.6 is 0 Å². The van der Waals surface area contributed by atoms with Gasteiger partial charge in [0.05, 0.1) is 5.60 Å². The smallest absolute Gasteiger partial charge is 0.144 e. The molecule has 0 amide bonds. The average molecular weight is 243 g/mol. The Bertz CT molecular complexity index is 271. The predicted octanol–water partition coefficient (Wildman–Crippen LogP) is 1.04. The van der Waals surface area contributed by atoms with Crippen molar-refractivity contribution in [3.05, 3.63) is 0 Å². The van der Waals surface area contributed by atoms with Crippen LogP contribution in [-0.4, -0.2) is 34.8 Å². The minimum absolute atomic E-state index is 0.249. The first-order valence-electron chi connectivity index (χ1n) is 6.31. The van der Waals surface area contributed by atoms with Gasteiger partial charge in [-0.25, -0.2) is 0 Å². The number of nitrogens with one attached hydrogen (secondary N) is 1. The molecule has 5 nitrogen and oxygen atoms in total. The van der Waals surface area contributed by atoms with Gasteiger partial charge in [-0.3, -0.25) is 0 Å². The van der Waals surface area contributed by atoms with Crippen molar-refractivity contribution in [2.75, 3.05) is 13.1 Å². The van der Waals surface area contributed by atoms with E-state index in [4.69, 9.17) is 10.9 Å². The van der Waals surface area contributed by atoms with Gasteiger partial charge < -0.3 is 21.4 Å². The summed E-state index contributed by atoms with van der Waals surface area (Å²) in [6, 6.07) is 0. The van der Waals surface area contributed by atoms with E-state index in [9.17, 15) is 5.11 Å². The molecular weight excluding hydrogens is 218 g/mol. The van der Waals surface area contributed by atoms with Crippen LogP contribution in [0.4, 0.5) is 0 Å². The molecule has 0 unspecified atom stereocenters. The third-order valence-corrected chi connectivity index (χ3v) is 3.72. The fourth-order valence-corrected chi connectivity index (χ4v) is 2.20. The van der Waals surface area contributed by atoms with E-state index in [1.54, 1.807) is 0 Å². The summed E-state index contributed by atoms with van der Waals surface area (Å²) in [6.45, 7) is 5.27. The highest BCUT2D eigenvalue weighted by Gasteiger charge is 2.30. The van der Waals surface area contributed by atoms with Crippen LogP contribution in [0.3, 0.4) is 0 Å². The van der Waals surface area contributed by atoms with Crippen molar-refractivity contribution in [1.82, 2.24) is 5.32 Å². The van der Waals surface area contributed by atoms with Gasteiger partial charge in [-0.1, -0.05) is 31.8 Å². The lowest BCUT2D eigenvalue weighted by Gasteiger charge is -2.26. The first-order chi connectivity index (χ1) is 7.90. The molecule has 1 saturated carbocycles. The molecule has 0 radical (unpaired) electrons. The molecule has 1 fully saturated rings. The van der Waals surface area contributed by atoms with Gasteiger partial charge in [-0.2, -0.15) is 0 Å². The van der Waals surface area contributed by atoms with E-state index in [2.05, 4.69) is 10.5 Å². The van der Waals surface area contributed by atoms with E-state index >= 15 is 0 Å². The van der Waals surface area contributed by atoms with Crippen molar-refractivity contribution in [3.63, 3.8) is 0 Å². The van der Waals surface area contributed by atoms with Gasteiger partial charge in [-0.15, -0.1) is 0 Å². The first-order valence-corrected chi connectivity index (χ1v) is 6.31. The topological polar surface area (TPSA) is 90.9 Å². The second-order valence-corrected chi connectivity index (χ2v) is 5.73. The van der Waals surface area contributed by atoms with Crippen molar-refractivity contribution in [2.45, 2.75) is 51.6 Å². The zero-order valence-corrected chi connectivity index (χ0v) is 10.9. The molecule has 0 bridgehead atoms. The Hall–Kier alpha value is -0.810. The maximum Gasteiger partial charge on any atom is 0.144 e. The Morgan fingerprint density at radius 3 is 2.53 bits per heavy atom. The van der Waals surface area contributed by atoms with Crippen molar-refractivity contribution >= 4 is 5.84 Å². The molecule has 0 aromatic carbocycles. The molecule has 0 atom stereocenters. The van der Waals surface area contributed by atoms with Crippen LogP contribution in [0, 0.1) is 5.41 Å². The average Bonchev–Trinajstić information content (AvgIpc) is 2.71. The SMILES string of the molecule is CC(C)(CCNCC1(O)CCCC1)C(N)=NO. The van der Waals surface area contributed by atoms with Gasteiger partial charge in [0.1, 0.15) is 5.84 Å². The largest absolute Gasteiger partial charge is 0.409 e. The van der Waals surface area contributed by atoms with E-state index in [0.29, 0.717) is 6.54 Å². The van der Waals surface area contributed by atoms with Crippen LogP contribution in [0.5, 0.6) is 0 Å². The van der Waals surface area contributed by atoms with E-state index in [-0.39, 0.29) is 11.3 Å². The maximum absolute atomic E-state index is 10.1. The number of amidine groups is 1. The predicted molar refractivity (Wildman–Crippen MR) is 68.1 cm³/mol. The van der Waals surface area contributed by atoms with E-state index < -0.39 is 5.60 Å². The van der Waals surface area contributed by atoms with Crippen LogP contribution < -0.4 is 11.1 Å². The number of aliphatic hydroxyl groups is 1. The number of rotatable bonds is 6. The minimum atomic E-state index is -0.513. The van der Waals surface area contributed by atoms with Crippen LogP contribution in [0.1, 0.15) is 46.0 Å². The molecule has 0 spiro atoms. The molecule has 1 rings (SSSR count). The Labute approximate surface area is 103 Å². The minimum Gasteiger partial charge on any atom is -0.409 e. The third-order valence-electron chi connectivity index (χ3n) is 3.72. The number of nitrogens with two attached hydrogens (primary N) is 1. The Morgan fingerprint density at radius 2 is 2.00 bits per heavy atom. The summed E-state index contributed by atoms with van der Waals surface area (Å²) >= 11 is 0. The summed E-state index contributed by atoms with van der Waals surface area (Å²) < 4.78 is 0. The molecule has 0 saturated heterocycles. The van der Waals surface area contributed by atoms with Crippen LogP contribution in [0.15, 0.2) is 5.16 Å². The van der Waals surface area contributed by atoms with Gasteiger partial charge in [0.25, 0.3) is 0 Å². The third kappa shape index (κ3) is 4.16. The molecule has 5 N–H and O–H groups in total. The molecular formula is C12H25N3O2. The molecule has 0 aliphatic heterocycles. The van der Waals surface area contributed by atoms with Gasteiger partial charge in [0, 0.05) is 12.0 Å². The highest BCUT2D eigenvalue weighted by molar-refractivity contribution is 5.85. The van der Waals surface area contributed by atoms with E-state index in [1.807, 2.05) is 13.8 Å². The van der Waals surface area contributed by atoms with Crippen molar-refractivity contribution in [3.8, 4) is 0 Å². The molecule has 1 aliphatic rings. The Morgan fingerprint density at radius 1 is 1.41 bits per heavy atom. The number of oxime groups is 1. The van der Waals surface area contributed by atoms with Crippen LogP contribution in [0.25, 0.3) is 0 Å². The lowest BCUT2D eigenvalue weighted by Crippen LogP contribution is -2.40. The number of hydrogen-bond donors (Lipinski definition) is 4. The molecule has 5 heteroatoms. The zero-order chi connectivity index (χ0) is 12.9. The molecule has 17 heavy (non-hydrogen) atoms. The van der Waals surface area contributed by atoms with E-state index in [1.165, 1.54) is 0 Å². The molecule has 1 aliphatic carbocycles. The molecule has 0 heterocycles. The van der Waals surface area contributed by atoms with Gasteiger partial charge >= 0.3 is 0 Å². The summed E-state index contributed by atoms with van der Waals surface area (Å²) in [7, 11) is 0. The Kier molecular flexibility index (Phi) is 4.77. The summed E-state index contributed by atoms with van der Waals surface area (Å²) in [6.07, 6.45) is 4.80. The highest BCUT2D eigenvalue weighted by atomic mass is 16.4. The Balaban J connectivity index is 2.24. The van der Waals surface area contributed by atoms with Crippen LogP contribution in [-0.2, 0) is 0 Å². The molecule has 100 valence electrons. The summed E-state index contributed by atoms with van der Waals surface area (Å²) in [4.78, 5) is 0. The zero-order valence-electron chi connectivity index (χ0n) is 10.9. The van der Waals surface area contributed by atoms with Crippen LogP contribution in [0.2, 0.25) is 0 Å². The van der Waals surface area contributed by atoms with Crippen molar-refractivity contribution in [2.24, 2.45) is 16.3 Å². The quantitative estimate of drug-likeness (QED) is 0.184. The molecule has 0 aromatic heterocycles. The van der Waals surface area contributed by atoms with Gasteiger partial charge in [0.15, 0.2) is 0 Å². The van der Waals surface area contributed by atoms with Gasteiger partial charge in [0.2, 0.25) is 0 Å². The number of nitrogens with zero attached hydrogens (tertiary/aromatic N) is 1. The van der Waals surface area contributed by atoms with E-state index in [0.717, 1.165) is 38.6 Å². The number of hydrogen-bond acceptors (Lipinski definition) is 4. The maximum atomic E-state index is 10.1. The highest BCUT2D eigenvalue weighted by Crippen LogP contribution is 2.28. The first kappa shape index (κ1) is 14.3. The fraction of sp³-hybridized carbons (Fsp3) is 0.917. The second-order valence-electron chi connectivity index (χ2n) is 5.73. The summed E-state index contributed by atoms with van der Waals surface area (Å²) in [5, 5.41) is 25.1. The van der Waals surface area contributed by atoms with Crippen molar-refractivity contribution < 1.29 is 10.3 Å². The monoisotopic (exact) mass is 243 g/mol. The fourth-order valence-electron chi connectivity index (χ4n) is 2.20.